The van der Waals surface area contributed by atoms with E-state index in [9.17, 15) is 13.2 Å². The predicted molar refractivity (Wildman–Crippen MR) is 129 cm³/mol. The monoisotopic (exact) mass is 490 g/mol. The summed E-state index contributed by atoms with van der Waals surface area (Å²) in [4.78, 5) is 22.0. The number of hydrogen-bond acceptors (Lipinski definition) is 7. The fourth-order valence-corrected chi connectivity index (χ4v) is 3.63. The number of nitrogens with zero attached hydrogens (tertiary/aromatic N) is 6. The summed E-state index contributed by atoms with van der Waals surface area (Å²) in [6, 6.07) is 12.7. The van der Waals surface area contributed by atoms with Gasteiger partial charge in [0, 0.05) is 37.9 Å². The smallest absolute Gasteiger partial charge is 0.364 e. The highest BCUT2D eigenvalue weighted by molar-refractivity contribution is 5.84. The van der Waals surface area contributed by atoms with Crippen molar-refractivity contribution in [1.29, 1.82) is 0 Å². The van der Waals surface area contributed by atoms with Gasteiger partial charge in [-0.25, -0.2) is 4.98 Å². The lowest BCUT2D eigenvalue weighted by atomic mass is 10.1. The second kappa shape index (κ2) is 9.98. The lowest BCUT2D eigenvalue weighted by molar-refractivity contribution is -0.137. The number of imidazole rings is 1. The third-order valence-corrected chi connectivity index (χ3v) is 5.45. The van der Waals surface area contributed by atoms with Crippen LogP contribution in [-0.4, -0.2) is 29.5 Å². The first-order valence-electron chi connectivity index (χ1n) is 11.1. The fourth-order valence-electron chi connectivity index (χ4n) is 3.63. The highest BCUT2D eigenvalue weighted by atomic mass is 19.4. The van der Waals surface area contributed by atoms with Crippen LogP contribution in [-0.2, 0) is 25.8 Å². The Kier molecular flexibility index (Phi) is 6.44. The molecular formula is C25H21F3N8. The minimum absolute atomic E-state index is 0.301. The largest absolute Gasteiger partial charge is 0.416 e. The van der Waals surface area contributed by atoms with Gasteiger partial charge in [0.1, 0.15) is 0 Å². The Bertz CT molecular complexity index is 1440. The van der Waals surface area contributed by atoms with Gasteiger partial charge in [-0.2, -0.15) is 23.1 Å². The highest BCUT2D eigenvalue weighted by Crippen LogP contribution is 2.29. The number of fused-ring (bicyclic) bond motifs is 1. The Labute approximate surface area is 204 Å². The second-order valence-corrected chi connectivity index (χ2v) is 8.06. The molecule has 0 saturated heterocycles. The Morgan fingerprint density at radius 1 is 0.778 bits per heavy atom. The summed E-state index contributed by atoms with van der Waals surface area (Å²) in [5.41, 5.74) is 3.04. The van der Waals surface area contributed by atoms with E-state index in [0.717, 1.165) is 23.3 Å². The van der Waals surface area contributed by atoms with Crippen LogP contribution in [0.3, 0.4) is 0 Å². The van der Waals surface area contributed by atoms with Crippen LogP contribution in [0.5, 0.6) is 0 Å². The van der Waals surface area contributed by atoms with E-state index in [1.54, 1.807) is 35.7 Å². The summed E-state index contributed by atoms with van der Waals surface area (Å²) in [5.74, 6) is 0.915. The molecule has 0 fully saturated rings. The molecule has 0 saturated carbocycles. The third kappa shape index (κ3) is 5.40. The molecule has 4 heterocycles. The maximum absolute atomic E-state index is 12.9. The van der Waals surface area contributed by atoms with Crippen LogP contribution >= 0.6 is 0 Å². The van der Waals surface area contributed by atoms with E-state index in [1.807, 2.05) is 24.3 Å². The quantitative estimate of drug-likeness (QED) is 0.319. The molecule has 0 radical (unpaired) electrons. The summed E-state index contributed by atoms with van der Waals surface area (Å²) in [7, 11) is 0. The first kappa shape index (κ1) is 23.2. The number of rotatable bonds is 8. The molecule has 5 rings (SSSR count). The van der Waals surface area contributed by atoms with E-state index in [4.69, 9.17) is 0 Å². The van der Waals surface area contributed by atoms with Crippen molar-refractivity contribution in [2.24, 2.45) is 0 Å². The Morgan fingerprint density at radius 3 is 2.06 bits per heavy atom. The molecule has 0 aliphatic rings. The molecule has 5 aromatic rings. The van der Waals surface area contributed by atoms with Crippen LogP contribution < -0.4 is 10.6 Å². The van der Waals surface area contributed by atoms with Crippen LogP contribution in [0, 0.1) is 0 Å². The summed E-state index contributed by atoms with van der Waals surface area (Å²) < 4.78 is 40.6. The number of nitrogens with one attached hydrogen (secondary N) is 2. The summed E-state index contributed by atoms with van der Waals surface area (Å²) in [6.07, 6.45) is 4.15. The number of aromatic nitrogens is 6. The number of pyridine rings is 2. The molecule has 2 N–H and O–H groups in total. The lowest BCUT2D eigenvalue weighted by Gasteiger charge is -2.11. The van der Waals surface area contributed by atoms with Crippen molar-refractivity contribution < 1.29 is 13.2 Å². The molecule has 0 amide bonds. The number of alkyl halides is 3. The third-order valence-electron chi connectivity index (χ3n) is 5.45. The topological polar surface area (TPSA) is 93.4 Å². The van der Waals surface area contributed by atoms with E-state index in [0.29, 0.717) is 48.1 Å². The van der Waals surface area contributed by atoms with Crippen LogP contribution in [0.25, 0.3) is 11.2 Å². The van der Waals surface area contributed by atoms with Crippen molar-refractivity contribution >= 4 is 22.9 Å². The zero-order chi connectivity index (χ0) is 25.0. The van der Waals surface area contributed by atoms with E-state index >= 15 is 0 Å². The van der Waals surface area contributed by atoms with Crippen molar-refractivity contribution in [2.75, 3.05) is 10.6 Å². The number of halogens is 3. The van der Waals surface area contributed by atoms with Gasteiger partial charge in [-0.05, 0) is 41.0 Å². The Morgan fingerprint density at radius 2 is 1.44 bits per heavy atom. The summed E-state index contributed by atoms with van der Waals surface area (Å²) in [5, 5.41) is 6.52. The van der Waals surface area contributed by atoms with Crippen molar-refractivity contribution in [3.05, 3.63) is 102 Å². The molecule has 182 valence electrons. The van der Waals surface area contributed by atoms with E-state index in [2.05, 4.69) is 35.6 Å². The normalized spacial score (nSPS) is 11.5. The minimum atomic E-state index is -4.38. The maximum atomic E-state index is 12.9. The van der Waals surface area contributed by atoms with Gasteiger partial charge in [-0.1, -0.05) is 24.3 Å². The molecule has 0 aliphatic heterocycles. The van der Waals surface area contributed by atoms with Gasteiger partial charge in [0.05, 0.1) is 18.4 Å². The molecular weight excluding hydrogens is 469 g/mol. The van der Waals surface area contributed by atoms with Gasteiger partial charge < -0.3 is 15.2 Å². The molecule has 1 aromatic carbocycles. The van der Waals surface area contributed by atoms with Crippen molar-refractivity contribution in [3.63, 3.8) is 0 Å². The van der Waals surface area contributed by atoms with Crippen molar-refractivity contribution in [1.82, 2.24) is 29.5 Å². The molecule has 8 nitrogen and oxygen atoms in total. The van der Waals surface area contributed by atoms with Crippen LogP contribution in [0.1, 0.15) is 22.3 Å². The zero-order valence-electron chi connectivity index (χ0n) is 18.9. The molecule has 4 aromatic heterocycles. The van der Waals surface area contributed by atoms with Crippen LogP contribution in [0.4, 0.5) is 24.9 Å². The standard InChI is InChI=1S/C25H21F3N8/c26-25(27,28)20-7-5-17(6-8-20)15-36-16-33-21-22(31-13-18-3-1-9-29-11-18)34-24(35-23(21)36)32-14-19-4-2-10-30-12-19/h1-12,16H,13-15H2,(H2,31,32,34,35). The van der Waals surface area contributed by atoms with Gasteiger partial charge in [0.2, 0.25) is 5.95 Å². The van der Waals surface area contributed by atoms with E-state index in [-0.39, 0.29) is 0 Å². The van der Waals surface area contributed by atoms with Gasteiger partial charge in [0.15, 0.2) is 17.0 Å². The number of hydrogen-bond donors (Lipinski definition) is 2. The van der Waals surface area contributed by atoms with E-state index < -0.39 is 11.7 Å². The van der Waals surface area contributed by atoms with E-state index in [1.165, 1.54) is 12.1 Å². The molecule has 0 atom stereocenters. The molecule has 0 spiro atoms. The number of benzene rings is 1. The van der Waals surface area contributed by atoms with Gasteiger partial charge in [-0.15, -0.1) is 0 Å². The first-order chi connectivity index (χ1) is 17.5. The van der Waals surface area contributed by atoms with Crippen LogP contribution in [0.15, 0.2) is 79.6 Å². The Balaban J connectivity index is 1.44. The van der Waals surface area contributed by atoms with Gasteiger partial charge in [-0.3, -0.25) is 9.97 Å². The molecule has 36 heavy (non-hydrogen) atoms. The average molecular weight is 490 g/mol. The van der Waals surface area contributed by atoms with Crippen LogP contribution in [0.2, 0.25) is 0 Å². The second-order valence-electron chi connectivity index (χ2n) is 8.06. The average Bonchev–Trinajstić information content (AvgIpc) is 3.29. The Hall–Kier alpha value is -4.54. The van der Waals surface area contributed by atoms with Gasteiger partial charge in [0.25, 0.3) is 0 Å². The molecule has 0 aliphatic carbocycles. The van der Waals surface area contributed by atoms with Gasteiger partial charge >= 0.3 is 6.18 Å². The SMILES string of the molecule is FC(F)(F)c1ccc(Cn2cnc3c(NCc4cccnc4)nc(NCc4cccnc4)nc32)cc1. The lowest BCUT2D eigenvalue weighted by Crippen LogP contribution is -2.09. The zero-order valence-corrected chi connectivity index (χ0v) is 18.9. The minimum Gasteiger partial charge on any atom is -0.364 e. The summed E-state index contributed by atoms with van der Waals surface area (Å²) >= 11 is 0. The molecule has 11 heteroatoms. The van der Waals surface area contributed by atoms with Crippen molar-refractivity contribution in [3.8, 4) is 0 Å². The highest BCUT2D eigenvalue weighted by Gasteiger charge is 2.30. The summed E-state index contributed by atoms with van der Waals surface area (Å²) in [6.45, 7) is 1.25. The molecule has 0 bridgehead atoms. The van der Waals surface area contributed by atoms with Crippen molar-refractivity contribution in [2.45, 2.75) is 25.8 Å². The fraction of sp³-hybridized carbons (Fsp3) is 0.160. The predicted octanol–water partition coefficient (Wildman–Crippen LogP) is 4.91. The maximum Gasteiger partial charge on any atom is 0.416 e. The first-order valence-corrected chi connectivity index (χ1v) is 11.1. The molecule has 0 unspecified atom stereocenters. The number of anilines is 2.